The van der Waals surface area contributed by atoms with Gasteiger partial charge in [-0.1, -0.05) is 51.0 Å². The number of ether oxygens (including phenoxy) is 4. The van der Waals surface area contributed by atoms with E-state index in [0.29, 0.717) is 12.5 Å². The maximum absolute atomic E-state index is 11.7. The highest BCUT2D eigenvalue weighted by atomic mass is 16.7. The molecule has 1 N–H and O–H groups in total. The average molecular weight is 545 g/mol. The zero-order valence-electron chi connectivity index (χ0n) is 24.5. The first-order valence-electron chi connectivity index (χ1n) is 15.3. The first kappa shape index (κ1) is 31.8. The van der Waals surface area contributed by atoms with Gasteiger partial charge in [0, 0.05) is 18.9 Å². The van der Waals surface area contributed by atoms with Crippen molar-refractivity contribution in [2.75, 3.05) is 40.1 Å². The minimum Gasteiger partial charge on any atom is -0.462 e. The molecule has 0 bridgehead atoms. The third-order valence-corrected chi connectivity index (χ3v) is 8.32. The van der Waals surface area contributed by atoms with Crippen molar-refractivity contribution in [2.45, 2.75) is 96.7 Å². The van der Waals surface area contributed by atoms with Crippen LogP contribution in [0, 0.1) is 17.8 Å². The molecule has 1 fully saturated rings. The molecular formula is C33H52O6. The molecule has 0 amide bonds. The predicted octanol–water partition coefficient (Wildman–Crippen LogP) is 6.21. The number of carbonyl (C=O) groups is 1. The summed E-state index contributed by atoms with van der Waals surface area (Å²) >= 11 is 0. The number of hydrogen-bond donors (Lipinski definition) is 1. The van der Waals surface area contributed by atoms with Crippen molar-refractivity contribution in [2.24, 2.45) is 17.8 Å². The summed E-state index contributed by atoms with van der Waals surface area (Å²) in [6.07, 6.45) is 15.0. The summed E-state index contributed by atoms with van der Waals surface area (Å²) in [7, 11) is 1.65. The smallest absolute Gasteiger partial charge is 0.335 e. The lowest BCUT2D eigenvalue weighted by Crippen LogP contribution is -2.32. The van der Waals surface area contributed by atoms with Gasteiger partial charge in [-0.25, -0.2) is 4.79 Å². The molecule has 6 nitrogen and oxygen atoms in total. The molecule has 2 aliphatic rings. The summed E-state index contributed by atoms with van der Waals surface area (Å²) in [5, 5.41) is 8.99. The molecule has 2 unspecified atom stereocenters. The van der Waals surface area contributed by atoms with Gasteiger partial charge in [0.2, 0.25) is 0 Å². The highest BCUT2D eigenvalue weighted by Crippen LogP contribution is 2.31. The van der Waals surface area contributed by atoms with Crippen molar-refractivity contribution >= 4 is 5.97 Å². The predicted molar refractivity (Wildman–Crippen MR) is 155 cm³/mol. The number of carbonyl (C=O) groups excluding carboxylic acids is 1. The van der Waals surface area contributed by atoms with Crippen LogP contribution in [0.1, 0.15) is 87.8 Å². The lowest BCUT2D eigenvalue weighted by atomic mass is 9.80. The van der Waals surface area contributed by atoms with Crippen LogP contribution in [-0.4, -0.2) is 57.5 Å². The van der Waals surface area contributed by atoms with Gasteiger partial charge in [0.05, 0.1) is 38.6 Å². The Morgan fingerprint density at radius 2 is 1.85 bits per heavy atom. The number of aryl methyl sites for hydroxylation is 2. The molecule has 1 aliphatic carbocycles. The van der Waals surface area contributed by atoms with Crippen LogP contribution in [0.25, 0.3) is 0 Å². The third-order valence-electron chi connectivity index (χ3n) is 8.32. The van der Waals surface area contributed by atoms with Gasteiger partial charge >= 0.3 is 5.97 Å². The SMILES string of the molecule is C=C(CO)C(=O)OCC(CCCCC1OCC(CCC2CCc3cc(CCCCC)ccc3C2)CO1)COC. The molecule has 39 heavy (non-hydrogen) atoms. The summed E-state index contributed by atoms with van der Waals surface area (Å²) in [5.41, 5.74) is 4.76. The molecule has 1 aromatic rings. The van der Waals surface area contributed by atoms with Gasteiger partial charge in [0.1, 0.15) is 0 Å². The lowest BCUT2D eigenvalue weighted by Gasteiger charge is -2.31. The molecule has 1 aliphatic heterocycles. The lowest BCUT2D eigenvalue weighted by molar-refractivity contribution is -0.204. The molecule has 0 spiro atoms. The van der Waals surface area contributed by atoms with Crippen molar-refractivity contribution in [3.05, 3.63) is 47.0 Å². The minimum atomic E-state index is -0.544. The van der Waals surface area contributed by atoms with Crippen molar-refractivity contribution in [3.8, 4) is 0 Å². The molecule has 6 heteroatoms. The van der Waals surface area contributed by atoms with Crippen LogP contribution in [0.3, 0.4) is 0 Å². The molecule has 1 heterocycles. The maximum atomic E-state index is 11.7. The van der Waals surface area contributed by atoms with Crippen LogP contribution in [0.4, 0.5) is 0 Å². The number of aliphatic hydroxyl groups is 1. The molecular weight excluding hydrogens is 492 g/mol. The van der Waals surface area contributed by atoms with Crippen LogP contribution in [-0.2, 0) is 43.0 Å². The van der Waals surface area contributed by atoms with Gasteiger partial charge in [-0.05, 0) is 86.8 Å². The number of esters is 1. The zero-order valence-corrected chi connectivity index (χ0v) is 24.5. The zero-order chi connectivity index (χ0) is 27.9. The van der Waals surface area contributed by atoms with Crippen LogP contribution >= 0.6 is 0 Å². The normalized spacial score (nSPS) is 21.8. The van der Waals surface area contributed by atoms with Crippen LogP contribution in [0.5, 0.6) is 0 Å². The standard InChI is InChI=1S/C33H52O6/c1-4-5-6-9-26-14-16-31-19-27(15-17-30(31)18-26)12-13-29-22-37-32(38-23-29)11-8-7-10-28(21-36-3)24-39-33(35)25(2)20-34/h14,16,18,27-29,32,34H,2,4-13,15,17,19-24H2,1,3H3. The minimum absolute atomic E-state index is 0.0757. The van der Waals surface area contributed by atoms with E-state index < -0.39 is 5.97 Å². The second kappa shape index (κ2) is 17.9. The average Bonchev–Trinajstić information content (AvgIpc) is 2.97. The van der Waals surface area contributed by atoms with E-state index >= 15 is 0 Å². The van der Waals surface area contributed by atoms with E-state index in [2.05, 4.69) is 31.7 Å². The van der Waals surface area contributed by atoms with E-state index in [-0.39, 0.29) is 31.0 Å². The highest BCUT2D eigenvalue weighted by molar-refractivity contribution is 5.87. The molecule has 0 saturated carbocycles. The fourth-order valence-corrected chi connectivity index (χ4v) is 5.81. The van der Waals surface area contributed by atoms with Gasteiger partial charge < -0.3 is 24.1 Å². The number of fused-ring (bicyclic) bond motifs is 1. The Balaban J connectivity index is 1.27. The molecule has 3 rings (SSSR count). The Morgan fingerprint density at radius 1 is 1.05 bits per heavy atom. The summed E-state index contributed by atoms with van der Waals surface area (Å²) in [6.45, 7) is 7.79. The van der Waals surface area contributed by atoms with E-state index in [1.807, 2.05) is 0 Å². The fraction of sp³-hybridized carbons (Fsp3) is 0.727. The van der Waals surface area contributed by atoms with E-state index in [1.165, 1.54) is 63.4 Å². The Bertz CT molecular complexity index is 860. The van der Waals surface area contributed by atoms with Crippen LogP contribution in [0.2, 0.25) is 0 Å². The first-order chi connectivity index (χ1) is 19.0. The van der Waals surface area contributed by atoms with Gasteiger partial charge in [-0.2, -0.15) is 0 Å². The largest absolute Gasteiger partial charge is 0.462 e. The number of unbranched alkanes of at least 4 members (excludes halogenated alkanes) is 3. The quantitative estimate of drug-likeness (QED) is 0.135. The van der Waals surface area contributed by atoms with Crippen LogP contribution < -0.4 is 0 Å². The van der Waals surface area contributed by atoms with Crippen molar-refractivity contribution in [1.82, 2.24) is 0 Å². The Hall–Kier alpha value is -1.73. The molecule has 0 radical (unpaired) electrons. The molecule has 0 aromatic heterocycles. The fourth-order valence-electron chi connectivity index (χ4n) is 5.81. The number of benzene rings is 1. The Kier molecular flexibility index (Phi) is 14.6. The third kappa shape index (κ3) is 11.3. The van der Waals surface area contributed by atoms with Gasteiger partial charge in [-0.3, -0.25) is 0 Å². The summed E-state index contributed by atoms with van der Waals surface area (Å²) < 4.78 is 22.6. The topological polar surface area (TPSA) is 74.2 Å². The van der Waals surface area contributed by atoms with Gasteiger partial charge in [0.25, 0.3) is 0 Å². The summed E-state index contributed by atoms with van der Waals surface area (Å²) in [6, 6.07) is 7.24. The monoisotopic (exact) mass is 544 g/mol. The summed E-state index contributed by atoms with van der Waals surface area (Å²) in [4.78, 5) is 11.7. The highest BCUT2D eigenvalue weighted by Gasteiger charge is 2.25. The van der Waals surface area contributed by atoms with E-state index in [1.54, 1.807) is 18.2 Å². The number of aliphatic hydroxyl groups excluding tert-OH is 1. The van der Waals surface area contributed by atoms with Gasteiger partial charge in [0.15, 0.2) is 6.29 Å². The van der Waals surface area contributed by atoms with E-state index in [4.69, 9.17) is 24.1 Å². The second-order valence-corrected chi connectivity index (χ2v) is 11.7. The Morgan fingerprint density at radius 3 is 2.59 bits per heavy atom. The molecule has 220 valence electrons. The number of hydrogen-bond acceptors (Lipinski definition) is 6. The van der Waals surface area contributed by atoms with Gasteiger partial charge in [-0.15, -0.1) is 0 Å². The van der Waals surface area contributed by atoms with Crippen molar-refractivity contribution in [1.29, 1.82) is 0 Å². The number of methoxy groups -OCH3 is 1. The molecule has 1 saturated heterocycles. The molecule has 1 aromatic carbocycles. The van der Waals surface area contributed by atoms with Crippen molar-refractivity contribution < 1.29 is 28.8 Å². The first-order valence-corrected chi connectivity index (χ1v) is 15.3. The van der Waals surface area contributed by atoms with Crippen molar-refractivity contribution in [3.63, 3.8) is 0 Å². The van der Waals surface area contributed by atoms with Crippen LogP contribution in [0.15, 0.2) is 30.4 Å². The maximum Gasteiger partial charge on any atom is 0.335 e. The number of rotatable bonds is 18. The second-order valence-electron chi connectivity index (χ2n) is 11.7. The summed E-state index contributed by atoms with van der Waals surface area (Å²) in [5.74, 6) is 0.861. The molecule has 2 atom stereocenters. The van der Waals surface area contributed by atoms with E-state index in [0.717, 1.165) is 44.8 Å². The van der Waals surface area contributed by atoms with E-state index in [9.17, 15) is 4.79 Å². The Labute approximate surface area is 236 Å².